The molecule has 0 saturated heterocycles. The Morgan fingerprint density at radius 2 is 1.60 bits per heavy atom. The summed E-state index contributed by atoms with van der Waals surface area (Å²) in [6, 6.07) is 7.41. The number of esters is 2. The van der Waals surface area contributed by atoms with Gasteiger partial charge in [0.05, 0.1) is 14.2 Å². The zero-order valence-electron chi connectivity index (χ0n) is 11.1. The van der Waals surface area contributed by atoms with Gasteiger partial charge in [0.2, 0.25) is 6.04 Å². The highest BCUT2D eigenvalue weighted by atomic mass is 16.6. The van der Waals surface area contributed by atoms with Gasteiger partial charge < -0.3 is 14.2 Å². The lowest BCUT2D eigenvalue weighted by molar-refractivity contribution is -0.155. The van der Waals surface area contributed by atoms with Crippen LogP contribution in [0, 0.1) is 0 Å². The van der Waals surface area contributed by atoms with Gasteiger partial charge in [-0.25, -0.2) is 14.4 Å². The van der Waals surface area contributed by atoms with E-state index < -0.39 is 24.1 Å². The molecule has 0 bridgehead atoms. The molecule has 0 aromatic heterocycles. The summed E-state index contributed by atoms with van der Waals surface area (Å²) in [5, 5.41) is 2.08. The number of hydrogen-bond donors (Lipinski definition) is 1. The SMILES string of the molecule is COC(=O)C(NC(=O)OCc1ccccc1)C(=O)OC. The van der Waals surface area contributed by atoms with E-state index in [-0.39, 0.29) is 6.61 Å². The first-order chi connectivity index (χ1) is 9.58. The number of hydrogen-bond acceptors (Lipinski definition) is 6. The van der Waals surface area contributed by atoms with Crippen LogP contribution in [0.4, 0.5) is 4.79 Å². The fraction of sp³-hybridized carbons (Fsp3) is 0.308. The Morgan fingerprint density at radius 3 is 2.10 bits per heavy atom. The predicted octanol–water partition coefficient (Wildman–Crippen LogP) is 0.627. The van der Waals surface area contributed by atoms with Gasteiger partial charge >= 0.3 is 18.0 Å². The minimum Gasteiger partial charge on any atom is -0.467 e. The van der Waals surface area contributed by atoms with Gasteiger partial charge in [-0.3, -0.25) is 5.32 Å². The molecule has 0 saturated carbocycles. The van der Waals surface area contributed by atoms with Gasteiger partial charge in [-0.05, 0) is 5.56 Å². The molecule has 0 spiro atoms. The van der Waals surface area contributed by atoms with E-state index in [0.29, 0.717) is 0 Å². The van der Waals surface area contributed by atoms with Crippen molar-refractivity contribution < 1.29 is 28.6 Å². The van der Waals surface area contributed by atoms with Crippen molar-refractivity contribution in [2.45, 2.75) is 12.6 Å². The normalized spacial score (nSPS) is 9.75. The van der Waals surface area contributed by atoms with Crippen molar-refractivity contribution >= 4 is 18.0 Å². The van der Waals surface area contributed by atoms with Gasteiger partial charge in [-0.1, -0.05) is 30.3 Å². The number of amides is 1. The third kappa shape index (κ3) is 4.60. The van der Waals surface area contributed by atoms with Gasteiger partial charge in [0.25, 0.3) is 0 Å². The molecule has 0 aliphatic rings. The molecule has 0 aliphatic carbocycles. The molecule has 0 fully saturated rings. The molecule has 0 heterocycles. The number of rotatable bonds is 5. The average Bonchev–Trinajstić information content (AvgIpc) is 2.50. The second kappa shape index (κ2) is 7.78. The van der Waals surface area contributed by atoms with Crippen molar-refractivity contribution in [3.8, 4) is 0 Å². The van der Waals surface area contributed by atoms with Gasteiger partial charge in [0.1, 0.15) is 6.61 Å². The quantitative estimate of drug-likeness (QED) is 0.483. The fourth-order valence-corrected chi connectivity index (χ4v) is 1.33. The maximum atomic E-state index is 11.5. The summed E-state index contributed by atoms with van der Waals surface area (Å²) in [6.07, 6.45) is -0.922. The van der Waals surface area contributed by atoms with Crippen LogP contribution < -0.4 is 5.32 Å². The highest BCUT2D eigenvalue weighted by Gasteiger charge is 2.30. The smallest absolute Gasteiger partial charge is 0.408 e. The second-order valence-corrected chi connectivity index (χ2v) is 3.69. The molecule has 20 heavy (non-hydrogen) atoms. The van der Waals surface area contributed by atoms with Crippen molar-refractivity contribution in [1.82, 2.24) is 5.32 Å². The van der Waals surface area contributed by atoms with E-state index in [1.165, 1.54) is 0 Å². The number of nitrogens with one attached hydrogen (secondary N) is 1. The molecule has 1 amide bonds. The van der Waals surface area contributed by atoms with Crippen LogP contribution >= 0.6 is 0 Å². The van der Waals surface area contributed by atoms with Crippen LogP contribution in [0.2, 0.25) is 0 Å². The van der Waals surface area contributed by atoms with Gasteiger partial charge in [0.15, 0.2) is 0 Å². The summed E-state index contributed by atoms with van der Waals surface area (Å²) >= 11 is 0. The van der Waals surface area contributed by atoms with Gasteiger partial charge in [0, 0.05) is 0 Å². The predicted molar refractivity (Wildman–Crippen MR) is 67.6 cm³/mol. The molecular weight excluding hydrogens is 266 g/mol. The van der Waals surface area contributed by atoms with Gasteiger partial charge in [-0.15, -0.1) is 0 Å². The molecule has 0 unspecified atom stereocenters. The molecule has 108 valence electrons. The van der Waals surface area contributed by atoms with Crippen LogP contribution in [-0.2, 0) is 30.4 Å². The van der Waals surface area contributed by atoms with Crippen molar-refractivity contribution in [2.24, 2.45) is 0 Å². The highest BCUT2D eigenvalue weighted by Crippen LogP contribution is 2.01. The molecule has 0 radical (unpaired) electrons. The van der Waals surface area contributed by atoms with Crippen LogP contribution in [-0.4, -0.2) is 38.3 Å². The van der Waals surface area contributed by atoms with E-state index in [1.807, 2.05) is 6.07 Å². The number of ether oxygens (including phenoxy) is 3. The summed E-state index contributed by atoms with van der Waals surface area (Å²) in [7, 11) is 2.19. The van der Waals surface area contributed by atoms with Crippen molar-refractivity contribution in [3.63, 3.8) is 0 Å². The lowest BCUT2D eigenvalue weighted by atomic mass is 10.2. The number of carbonyl (C=O) groups is 3. The minimum absolute atomic E-state index is 0.0156. The van der Waals surface area contributed by atoms with Crippen LogP contribution in [0.15, 0.2) is 30.3 Å². The van der Waals surface area contributed by atoms with Crippen LogP contribution in [0.25, 0.3) is 0 Å². The largest absolute Gasteiger partial charge is 0.467 e. The van der Waals surface area contributed by atoms with Gasteiger partial charge in [-0.2, -0.15) is 0 Å². The number of methoxy groups -OCH3 is 2. The number of benzene rings is 1. The Balaban J connectivity index is 2.54. The van der Waals surface area contributed by atoms with Crippen LogP contribution in [0.3, 0.4) is 0 Å². The first-order valence-electron chi connectivity index (χ1n) is 5.71. The Hall–Kier alpha value is -2.57. The number of carbonyl (C=O) groups excluding carboxylic acids is 3. The zero-order valence-corrected chi connectivity index (χ0v) is 11.1. The first-order valence-corrected chi connectivity index (χ1v) is 5.71. The molecule has 0 aliphatic heterocycles. The number of alkyl carbamates (subject to hydrolysis) is 1. The highest BCUT2D eigenvalue weighted by molar-refractivity contribution is 6.01. The average molecular weight is 281 g/mol. The molecule has 1 rings (SSSR count). The van der Waals surface area contributed by atoms with Crippen molar-refractivity contribution in [1.29, 1.82) is 0 Å². The molecule has 7 nitrogen and oxygen atoms in total. The van der Waals surface area contributed by atoms with E-state index in [4.69, 9.17) is 4.74 Å². The van der Waals surface area contributed by atoms with E-state index in [2.05, 4.69) is 14.8 Å². The minimum atomic E-state index is -1.55. The third-order valence-electron chi connectivity index (χ3n) is 2.35. The molecule has 7 heteroatoms. The molecule has 0 atom stereocenters. The van der Waals surface area contributed by atoms with E-state index in [0.717, 1.165) is 19.8 Å². The molecule has 1 aromatic carbocycles. The van der Waals surface area contributed by atoms with E-state index in [1.54, 1.807) is 24.3 Å². The summed E-state index contributed by atoms with van der Waals surface area (Å²) in [6.45, 7) is 0.0156. The Bertz CT molecular complexity index is 457. The maximum Gasteiger partial charge on any atom is 0.408 e. The first kappa shape index (κ1) is 15.5. The lowest BCUT2D eigenvalue weighted by Crippen LogP contribution is -2.47. The monoisotopic (exact) mass is 281 g/mol. The Kier molecular flexibility index (Phi) is 6.02. The van der Waals surface area contributed by atoms with E-state index >= 15 is 0 Å². The summed E-state index contributed by atoms with van der Waals surface area (Å²) < 4.78 is 13.7. The Morgan fingerprint density at radius 1 is 1.05 bits per heavy atom. The Labute approximate surface area is 115 Å². The van der Waals surface area contributed by atoms with E-state index in [9.17, 15) is 14.4 Å². The topological polar surface area (TPSA) is 90.9 Å². The van der Waals surface area contributed by atoms with Crippen LogP contribution in [0.1, 0.15) is 5.56 Å². The molecular formula is C13H15NO6. The summed E-state index contributed by atoms with van der Waals surface area (Å²) in [5.41, 5.74) is 0.773. The fourth-order valence-electron chi connectivity index (χ4n) is 1.33. The summed E-state index contributed by atoms with van der Waals surface area (Å²) in [5.74, 6) is -1.87. The van der Waals surface area contributed by atoms with Crippen LogP contribution in [0.5, 0.6) is 0 Å². The molecule has 1 N–H and O–H groups in total. The zero-order chi connectivity index (χ0) is 15.0. The third-order valence-corrected chi connectivity index (χ3v) is 2.35. The standard InChI is InChI=1S/C13H15NO6/c1-18-11(15)10(12(16)19-2)14-13(17)20-8-9-6-4-3-5-7-9/h3-7,10H,8H2,1-2H3,(H,14,17). The summed E-state index contributed by atoms with van der Waals surface area (Å²) in [4.78, 5) is 34.2. The van der Waals surface area contributed by atoms with Crippen molar-refractivity contribution in [3.05, 3.63) is 35.9 Å². The second-order valence-electron chi connectivity index (χ2n) is 3.69. The maximum absolute atomic E-state index is 11.5. The molecule has 1 aromatic rings. The van der Waals surface area contributed by atoms with Crippen molar-refractivity contribution in [2.75, 3.05) is 14.2 Å². The lowest BCUT2D eigenvalue weighted by Gasteiger charge is -2.14.